The number of aliphatic hydroxyl groups excluding tert-OH is 1. The summed E-state index contributed by atoms with van der Waals surface area (Å²) in [5.41, 5.74) is 2.30. The highest BCUT2D eigenvalue weighted by molar-refractivity contribution is 5.15. The summed E-state index contributed by atoms with van der Waals surface area (Å²) in [7, 11) is 0. The molecule has 0 bridgehead atoms. The Morgan fingerprint density at radius 1 is 1.25 bits per heavy atom. The molecule has 1 heterocycles. The Balaban J connectivity index is 2.02. The number of hydrogen-bond acceptors (Lipinski definition) is 3. The Morgan fingerprint density at radius 2 is 2.00 bits per heavy atom. The van der Waals surface area contributed by atoms with E-state index in [0.717, 1.165) is 18.7 Å². The fourth-order valence-corrected chi connectivity index (χ4v) is 2.22. The lowest BCUT2D eigenvalue weighted by Crippen LogP contribution is -2.29. The van der Waals surface area contributed by atoms with Gasteiger partial charge in [-0.15, -0.1) is 0 Å². The van der Waals surface area contributed by atoms with Gasteiger partial charge in [0.15, 0.2) is 0 Å². The molecule has 0 radical (unpaired) electrons. The van der Waals surface area contributed by atoms with Crippen LogP contribution in [-0.4, -0.2) is 23.1 Å². The Hall–Kier alpha value is -1.84. The first-order valence-corrected chi connectivity index (χ1v) is 6.77. The van der Waals surface area contributed by atoms with Crippen LogP contribution in [0.2, 0.25) is 0 Å². The highest BCUT2D eigenvalue weighted by Crippen LogP contribution is 2.17. The number of rotatable bonds is 7. The molecule has 2 rings (SSSR count). The van der Waals surface area contributed by atoms with Crippen LogP contribution in [0.3, 0.4) is 0 Å². The molecule has 1 atom stereocenters. The van der Waals surface area contributed by atoms with Gasteiger partial charge in [0, 0.05) is 19.6 Å². The van der Waals surface area contributed by atoms with E-state index in [-0.39, 0.29) is 0 Å². The van der Waals surface area contributed by atoms with Crippen LogP contribution in [-0.2, 0) is 6.54 Å². The van der Waals surface area contributed by atoms with Crippen LogP contribution in [0.4, 0.5) is 0 Å². The van der Waals surface area contributed by atoms with E-state index in [0.29, 0.717) is 12.3 Å². The van der Waals surface area contributed by atoms with E-state index in [1.165, 1.54) is 5.56 Å². The number of furan rings is 1. The Labute approximate surface area is 120 Å². The predicted octanol–water partition coefficient (Wildman–Crippen LogP) is 3.39. The van der Waals surface area contributed by atoms with Gasteiger partial charge in [0.1, 0.15) is 11.9 Å². The third-order valence-corrected chi connectivity index (χ3v) is 3.05. The summed E-state index contributed by atoms with van der Waals surface area (Å²) in [6.07, 6.45) is 0.965. The molecule has 3 heteroatoms. The number of hydrogen-bond donors (Lipinski definition) is 1. The Morgan fingerprint density at radius 3 is 2.60 bits per heavy atom. The van der Waals surface area contributed by atoms with Gasteiger partial charge in [0.2, 0.25) is 0 Å². The second-order valence-corrected chi connectivity index (χ2v) is 5.14. The fourth-order valence-electron chi connectivity index (χ4n) is 2.22. The van der Waals surface area contributed by atoms with Crippen LogP contribution in [0, 0.1) is 0 Å². The first kappa shape index (κ1) is 14.6. The molecule has 0 saturated heterocycles. The van der Waals surface area contributed by atoms with E-state index in [4.69, 9.17) is 4.42 Å². The summed E-state index contributed by atoms with van der Waals surface area (Å²) in [6.45, 7) is 8.02. The topological polar surface area (TPSA) is 36.6 Å². The second-order valence-electron chi connectivity index (χ2n) is 5.14. The van der Waals surface area contributed by atoms with Crippen molar-refractivity contribution in [1.82, 2.24) is 4.90 Å². The molecule has 1 aromatic heterocycles. The van der Waals surface area contributed by atoms with Crippen LogP contribution in [0.25, 0.3) is 0 Å². The summed E-state index contributed by atoms with van der Waals surface area (Å²) >= 11 is 0. The van der Waals surface area contributed by atoms with Gasteiger partial charge in [-0.3, -0.25) is 4.90 Å². The molecule has 0 aliphatic heterocycles. The quantitative estimate of drug-likeness (QED) is 0.784. The van der Waals surface area contributed by atoms with Crippen LogP contribution in [0.15, 0.2) is 65.3 Å². The Bertz CT molecular complexity index is 519. The highest BCUT2D eigenvalue weighted by Gasteiger charge is 2.16. The van der Waals surface area contributed by atoms with Crippen molar-refractivity contribution in [1.29, 1.82) is 0 Å². The number of benzene rings is 1. The molecule has 2 aromatic rings. The first-order valence-electron chi connectivity index (χ1n) is 6.77. The molecule has 1 N–H and O–H groups in total. The third-order valence-electron chi connectivity index (χ3n) is 3.05. The number of nitrogens with zero attached hydrogens (tertiary/aromatic N) is 1. The molecular formula is C17H21NO2. The monoisotopic (exact) mass is 271 g/mol. The first-order chi connectivity index (χ1) is 9.65. The lowest BCUT2D eigenvalue weighted by atomic mass is 10.1. The van der Waals surface area contributed by atoms with Crippen LogP contribution in [0.5, 0.6) is 0 Å². The summed E-state index contributed by atoms with van der Waals surface area (Å²) in [4.78, 5) is 2.17. The highest BCUT2D eigenvalue weighted by atomic mass is 16.4. The fraction of sp³-hybridized carbons (Fsp3) is 0.294. The minimum atomic E-state index is -0.618. The van der Waals surface area contributed by atoms with Crippen molar-refractivity contribution in [3.63, 3.8) is 0 Å². The molecule has 1 aromatic carbocycles. The van der Waals surface area contributed by atoms with Gasteiger partial charge >= 0.3 is 0 Å². The lowest BCUT2D eigenvalue weighted by molar-refractivity contribution is 0.0955. The summed E-state index contributed by atoms with van der Waals surface area (Å²) < 4.78 is 5.25. The molecule has 1 unspecified atom stereocenters. The maximum absolute atomic E-state index is 10.2. The third kappa shape index (κ3) is 4.37. The summed E-state index contributed by atoms with van der Waals surface area (Å²) in [6, 6.07) is 13.8. The van der Waals surface area contributed by atoms with Gasteiger partial charge in [0.25, 0.3) is 0 Å². The summed E-state index contributed by atoms with van der Waals surface area (Å²) in [5.74, 6) is 0.602. The van der Waals surface area contributed by atoms with Crippen molar-refractivity contribution in [2.75, 3.05) is 13.1 Å². The average Bonchev–Trinajstić information content (AvgIpc) is 2.93. The van der Waals surface area contributed by atoms with Crippen molar-refractivity contribution in [3.05, 3.63) is 72.2 Å². The number of aliphatic hydroxyl groups is 1. The minimum absolute atomic E-state index is 0.523. The van der Waals surface area contributed by atoms with Crippen LogP contribution >= 0.6 is 0 Å². The van der Waals surface area contributed by atoms with Crippen molar-refractivity contribution in [2.24, 2.45) is 0 Å². The van der Waals surface area contributed by atoms with Gasteiger partial charge in [-0.25, -0.2) is 0 Å². The zero-order valence-corrected chi connectivity index (χ0v) is 11.8. The van der Waals surface area contributed by atoms with Crippen LogP contribution < -0.4 is 0 Å². The molecule has 3 nitrogen and oxygen atoms in total. The Kier molecular flexibility index (Phi) is 5.16. The molecule has 0 aliphatic rings. The summed E-state index contributed by atoms with van der Waals surface area (Å²) in [5, 5.41) is 10.2. The van der Waals surface area contributed by atoms with E-state index in [1.54, 1.807) is 18.4 Å². The van der Waals surface area contributed by atoms with Crippen molar-refractivity contribution >= 4 is 0 Å². The molecule has 106 valence electrons. The van der Waals surface area contributed by atoms with Crippen molar-refractivity contribution in [3.8, 4) is 0 Å². The van der Waals surface area contributed by atoms with Crippen molar-refractivity contribution < 1.29 is 9.52 Å². The maximum Gasteiger partial charge on any atom is 0.133 e. The average molecular weight is 271 g/mol. The largest absolute Gasteiger partial charge is 0.467 e. The normalized spacial score (nSPS) is 12.6. The van der Waals surface area contributed by atoms with E-state index in [1.807, 2.05) is 25.1 Å². The van der Waals surface area contributed by atoms with E-state index >= 15 is 0 Å². The second kappa shape index (κ2) is 7.08. The van der Waals surface area contributed by atoms with Gasteiger partial charge in [-0.2, -0.15) is 0 Å². The van der Waals surface area contributed by atoms with Gasteiger partial charge in [-0.1, -0.05) is 42.5 Å². The zero-order valence-electron chi connectivity index (χ0n) is 11.8. The molecule has 20 heavy (non-hydrogen) atoms. The molecule has 0 saturated carbocycles. The minimum Gasteiger partial charge on any atom is -0.467 e. The molecule has 0 amide bonds. The van der Waals surface area contributed by atoms with Gasteiger partial charge in [-0.05, 0) is 24.6 Å². The van der Waals surface area contributed by atoms with E-state index in [2.05, 4.69) is 23.6 Å². The molecular weight excluding hydrogens is 250 g/mol. The predicted molar refractivity (Wildman–Crippen MR) is 80.2 cm³/mol. The van der Waals surface area contributed by atoms with Gasteiger partial charge < -0.3 is 9.52 Å². The van der Waals surface area contributed by atoms with Crippen molar-refractivity contribution in [2.45, 2.75) is 19.6 Å². The van der Waals surface area contributed by atoms with E-state index < -0.39 is 6.10 Å². The van der Waals surface area contributed by atoms with E-state index in [9.17, 15) is 5.11 Å². The standard InChI is InChI=1S/C17H21NO2/c1-14(2)11-18(12-15-7-4-3-5-8-15)13-16(19)17-9-6-10-20-17/h3-10,16,19H,1,11-13H2,2H3. The smallest absolute Gasteiger partial charge is 0.133 e. The zero-order chi connectivity index (χ0) is 14.4. The SMILES string of the molecule is C=C(C)CN(Cc1ccccc1)CC(O)c1ccco1. The molecule has 0 spiro atoms. The molecule has 0 fully saturated rings. The van der Waals surface area contributed by atoms with Crippen LogP contribution in [0.1, 0.15) is 24.4 Å². The lowest BCUT2D eigenvalue weighted by Gasteiger charge is -2.24. The maximum atomic E-state index is 10.2. The van der Waals surface area contributed by atoms with Gasteiger partial charge in [0.05, 0.1) is 6.26 Å². The molecule has 0 aliphatic carbocycles.